The van der Waals surface area contributed by atoms with E-state index in [1.54, 1.807) is 0 Å². The molecule has 274 valence electrons. The van der Waals surface area contributed by atoms with Crippen molar-refractivity contribution in [3.8, 4) is 0 Å². The van der Waals surface area contributed by atoms with Crippen LogP contribution in [0.3, 0.4) is 0 Å². The highest BCUT2D eigenvalue weighted by Crippen LogP contribution is 2.55. The molecule has 0 bridgehead atoms. The summed E-state index contributed by atoms with van der Waals surface area (Å²) in [5.74, 6) is 4.13. The van der Waals surface area contributed by atoms with Gasteiger partial charge < -0.3 is 4.90 Å². The summed E-state index contributed by atoms with van der Waals surface area (Å²) < 4.78 is 0.00620. The molecule has 3 aliphatic rings. The molecule has 1 aliphatic heterocycles. The van der Waals surface area contributed by atoms with Gasteiger partial charge in [0.15, 0.2) is 0 Å². The third-order valence-corrected chi connectivity index (χ3v) is 13.9. The van der Waals surface area contributed by atoms with E-state index in [0.29, 0.717) is 5.41 Å². The third-order valence-electron chi connectivity index (χ3n) is 11.8. The molecule has 3 heteroatoms. The van der Waals surface area contributed by atoms with E-state index >= 15 is 0 Å². The number of aryl methyl sites for hydroxylation is 1. The molecule has 0 N–H and O–H groups in total. The Morgan fingerprint density at radius 3 is 1.70 bits per heavy atom. The molecular formula is C44H81NS2. The van der Waals surface area contributed by atoms with E-state index in [2.05, 4.69) is 140 Å². The first-order valence-corrected chi connectivity index (χ1v) is 20.7. The average Bonchev–Trinajstić information content (AvgIpc) is 3.76. The second-order valence-corrected chi connectivity index (χ2v) is 20.9. The zero-order chi connectivity index (χ0) is 36.4. The number of piperidine rings is 1. The van der Waals surface area contributed by atoms with E-state index in [0.717, 1.165) is 35.5 Å². The van der Waals surface area contributed by atoms with Gasteiger partial charge in [-0.25, -0.2) is 0 Å². The number of benzene rings is 1. The molecule has 1 saturated heterocycles. The largest absolute Gasteiger partial charge is 0.304 e. The van der Waals surface area contributed by atoms with Crippen LogP contribution in [0.1, 0.15) is 166 Å². The van der Waals surface area contributed by atoms with Crippen LogP contribution in [0.2, 0.25) is 0 Å². The highest BCUT2D eigenvalue weighted by atomic mass is 32.2. The zero-order valence-electron chi connectivity index (χ0n) is 34.5. The molecule has 47 heavy (non-hydrogen) atoms. The summed E-state index contributed by atoms with van der Waals surface area (Å²) in [6, 6.07) is 7.09. The van der Waals surface area contributed by atoms with E-state index in [1.165, 1.54) is 86.1 Å². The van der Waals surface area contributed by atoms with Gasteiger partial charge in [0.2, 0.25) is 0 Å². The Kier molecular flexibility index (Phi) is 17.8. The van der Waals surface area contributed by atoms with Gasteiger partial charge in [0.25, 0.3) is 0 Å². The normalized spacial score (nSPS) is 22.6. The summed E-state index contributed by atoms with van der Waals surface area (Å²) in [6.07, 6.45) is 11.1. The van der Waals surface area contributed by atoms with Crippen molar-refractivity contribution in [3.05, 3.63) is 41.5 Å². The smallest absolute Gasteiger partial charge is 0.0183 e. The Balaban J connectivity index is 0.000000441. The quantitative estimate of drug-likeness (QED) is 0.148. The topological polar surface area (TPSA) is 3.24 Å². The summed E-state index contributed by atoms with van der Waals surface area (Å²) in [5.41, 5.74) is 5.83. The summed E-state index contributed by atoms with van der Waals surface area (Å²) in [4.78, 5) is 3.92. The van der Waals surface area contributed by atoms with Gasteiger partial charge in [0, 0.05) is 20.8 Å². The van der Waals surface area contributed by atoms with Gasteiger partial charge in [-0.05, 0) is 129 Å². The van der Waals surface area contributed by atoms with Crippen molar-refractivity contribution in [3.63, 3.8) is 0 Å². The van der Waals surface area contributed by atoms with Crippen LogP contribution < -0.4 is 0 Å². The molecule has 0 amide bonds. The lowest BCUT2D eigenvalue weighted by Gasteiger charge is -2.43. The number of hydrogen-bond donors (Lipinski definition) is 1. The maximum absolute atomic E-state index is 4.81. The monoisotopic (exact) mass is 688 g/mol. The molecule has 1 aromatic carbocycles. The minimum absolute atomic E-state index is 0.00620. The van der Waals surface area contributed by atoms with E-state index < -0.39 is 0 Å². The molecule has 4 rings (SSSR count). The fourth-order valence-corrected chi connectivity index (χ4v) is 8.47. The number of rotatable bonds is 10. The molecule has 1 atom stereocenters. The lowest BCUT2D eigenvalue weighted by atomic mass is 9.67. The Labute approximate surface area is 306 Å². The van der Waals surface area contributed by atoms with Crippen molar-refractivity contribution >= 4 is 24.4 Å². The summed E-state index contributed by atoms with van der Waals surface area (Å²) in [7, 11) is 0. The van der Waals surface area contributed by atoms with E-state index in [4.69, 9.17) is 12.6 Å². The van der Waals surface area contributed by atoms with Crippen LogP contribution in [-0.2, 0) is 5.41 Å². The van der Waals surface area contributed by atoms with Crippen LogP contribution in [0.25, 0.3) is 0 Å². The second kappa shape index (κ2) is 18.7. The van der Waals surface area contributed by atoms with Crippen molar-refractivity contribution in [2.75, 3.05) is 25.4 Å². The maximum Gasteiger partial charge on any atom is 0.0183 e. The number of thiol groups is 1. The number of likely N-dealkylation sites (tertiary alicyclic amines) is 1. The highest BCUT2D eigenvalue weighted by molar-refractivity contribution is 7.99. The van der Waals surface area contributed by atoms with Gasteiger partial charge in [-0.3, -0.25) is 0 Å². The van der Waals surface area contributed by atoms with E-state index in [1.807, 2.05) is 11.8 Å². The van der Waals surface area contributed by atoms with Crippen LogP contribution in [0.4, 0.5) is 0 Å². The standard InChI is InChI=1S/C24H39NS2.C9H18.C6H12.C5H12/c1-9-25-14-12-24(13-15-25,18(2)3)21-11-10-20(16-19(21)4)27-17-22(5,6)23(7,8)26;1-4-8(3)9(5-2)6-7-9;1-5-3-6(2)4-5;1-5(2,3)4/h10-11,16,26H,2,9,12-15,17H2,1,3-8H3;8H,4-7H2,1-3H3;5-6H,3-4H2,1-2H3;1-4H3. The van der Waals surface area contributed by atoms with Gasteiger partial charge in [-0.1, -0.05) is 128 Å². The SMILES string of the molecule is C=C(C)C1(c2ccc(SCC(C)(C)C(C)(C)S)cc2C)CCN(CC)CC1.CC(C)(C)C.CC1CC(C)C1.CCC(C)C1(CC)CC1. The Hall–Kier alpha value is -0.380. The summed E-state index contributed by atoms with van der Waals surface area (Å²) in [6.45, 7) is 44.1. The third kappa shape index (κ3) is 14.4. The first-order valence-electron chi connectivity index (χ1n) is 19.3. The predicted octanol–water partition coefficient (Wildman–Crippen LogP) is 14.1. The van der Waals surface area contributed by atoms with Crippen molar-refractivity contribution in [1.82, 2.24) is 4.90 Å². The minimum Gasteiger partial charge on any atom is -0.304 e. The average molecular weight is 688 g/mol. The lowest BCUT2D eigenvalue weighted by Crippen LogP contribution is -2.43. The van der Waals surface area contributed by atoms with Crippen molar-refractivity contribution < 1.29 is 0 Å². The molecular weight excluding hydrogens is 607 g/mol. The highest BCUT2D eigenvalue weighted by Gasteiger charge is 2.44. The van der Waals surface area contributed by atoms with Crippen LogP contribution in [0, 0.1) is 40.9 Å². The van der Waals surface area contributed by atoms with Gasteiger partial charge in [0.1, 0.15) is 0 Å². The number of allylic oxidation sites excluding steroid dienone is 1. The van der Waals surface area contributed by atoms with Crippen molar-refractivity contribution in [1.29, 1.82) is 0 Å². The van der Waals surface area contributed by atoms with Crippen molar-refractivity contribution in [2.24, 2.45) is 34.0 Å². The Bertz CT molecular complexity index is 1040. The molecule has 3 fully saturated rings. The van der Waals surface area contributed by atoms with Crippen molar-refractivity contribution in [2.45, 2.75) is 177 Å². The van der Waals surface area contributed by atoms with Crippen LogP contribution in [0.5, 0.6) is 0 Å². The molecule has 1 nitrogen and oxygen atoms in total. The fourth-order valence-electron chi connectivity index (χ4n) is 6.97. The van der Waals surface area contributed by atoms with E-state index in [9.17, 15) is 0 Å². The minimum atomic E-state index is 0.00620. The number of nitrogens with zero attached hydrogens (tertiary/aromatic N) is 1. The van der Waals surface area contributed by atoms with Crippen LogP contribution in [0.15, 0.2) is 35.2 Å². The molecule has 0 aromatic heterocycles. The molecule has 1 aromatic rings. The molecule has 1 heterocycles. The fraction of sp³-hybridized carbons (Fsp3) is 0.818. The summed E-state index contributed by atoms with van der Waals surface area (Å²) >= 11 is 6.76. The Morgan fingerprint density at radius 1 is 0.936 bits per heavy atom. The maximum atomic E-state index is 4.81. The molecule has 0 spiro atoms. The van der Waals surface area contributed by atoms with Gasteiger partial charge in [-0.15, -0.1) is 11.8 Å². The Morgan fingerprint density at radius 2 is 1.43 bits per heavy atom. The molecule has 2 saturated carbocycles. The first kappa shape index (κ1) is 44.6. The van der Waals surface area contributed by atoms with E-state index in [-0.39, 0.29) is 15.6 Å². The van der Waals surface area contributed by atoms with Gasteiger partial charge in [0.05, 0.1) is 0 Å². The molecule has 2 aliphatic carbocycles. The molecule has 0 radical (unpaired) electrons. The predicted molar refractivity (Wildman–Crippen MR) is 221 cm³/mol. The van der Waals surface area contributed by atoms with Crippen LogP contribution in [-0.4, -0.2) is 35.0 Å². The summed E-state index contributed by atoms with van der Waals surface area (Å²) in [5, 5.41) is 0. The zero-order valence-corrected chi connectivity index (χ0v) is 36.2. The lowest BCUT2D eigenvalue weighted by molar-refractivity contribution is 0.184. The first-order chi connectivity index (χ1) is 21.5. The van der Waals surface area contributed by atoms with Gasteiger partial charge in [-0.2, -0.15) is 12.6 Å². The second-order valence-electron chi connectivity index (χ2n) is 18.7. The van der Waals surface area contributed by atoms with Gasteiger partial charge >= 0.3 is 0 Å². The number of thioether (sulfide) groups is 1. The van der Waals surface area contributed by atoms with Crippen LogP contribution >= 0.6 is 24.4 Å². The molecule has 1 unspecified atom stereocenters. The number of hydrogen-bond acceptors (Lipinski definition) is 3.